The lowest BCUT2D eigenvalue weighted by Crippen LogP contribution is -2.09. The molecule has 1 N–H and O–H groups in total. The van der Waals surface area contributed by atoms with Crippen LogP contribution in [0.5, 0.6) is 0 Å². The van der Waals surface area contributed by atoms with Gasteiger partial charge in [-0.15, -0.1) is 0 Å². The van der Waals surface area contributed by atoms with Crippen LogP contribution in [0, 0.1) is 29.6 Å². The Kier molecular flexibility index (Phi) is 2.96. The zero-order valence-electron chi connectivity index (χ0n) is 12.7. The maximum atomic E-state index is 10.8. The van der Waals surface area contributed by atoms with E-state index in [0.29, 0.717) is 5.92 Å². The number of rotatable bonds is 4. The van der Waals surface area contributed by atoms with Gasteiger partial charge in [0.15, 0.2) is 0 Å². The highest BCUT2D eigenvalue weighted by Crippen LogP contribution is 2.72. The number of aryl methyl sites for hydroxylation is 2. The van der Waals surface area contributed by atoms with Crippen molar-refractivity contribution in [3.05, 3.63) is 34.9 Å². The van der Waals surface area contributed by atoms with Crippen molar-refractivity contribution in [2.75, 3.05) is 0 Å². The summed E-state index contributed by atoms with van der Waals surface area (Å²) in [5, 5.41) is 10.8. The largest absolute Gasteiger partial charge is 0.388 e. The van der Waals surface area contributed by atoms with Crippen LogP contribution >= 0.6 is 0 Å². The highest BCUT2D eigenvalue weighted by molar-refractivity contribution is 5.35. The van der Waals surface area contributed by atoms with E-state index in [2.05, 4.69) is 32.0 Å². The second-order valence-corrected chi connectivity index (χ2v) is 7.25. The molecule has 1 aromatic rings. The van der Waals surface area contributed by atoms with Gasteiger partial charge in [-0.3, -0.25) is 0 Å². The van der Waals surface area contributed by atoms with E-state index in [4.69, 9.17) is 0 Å². The fourth-order valence-corrected chi connectivity index (χ4v) is 5.54. The summed E-state index contributed by atoms with van der Waals surface area (Å²) in [4.78, 5) is 0. The van der Waals surface area contributed by atoms with Crippen molar-refractivity contribution >= 4 is 0 Å². The van der Waals surface area contributed by atoms with E-state index in [1.807, 2.05) is 0 Å². The Balaban J connectivity index is 1.56. The van der Waals surface area contributed by atoms with E-state index in [0.717, 1.165) is 36.5 Å². The smallest absolute Gasteiger partial charge is 0.0824 e. The van der Waals surface area contributed by atoms with Crippen LogP contribution in [0.3, 0.4) is 0 Å². The van der Waals surface area contributed by atoms with Gasteiger partial charge in [-0.1, -0.05) is 32.0 Å². The Morgan fingerprint density at radius 3 is 2.30 bits per heavy atom. The van der Waals surface area contributed by atoms with Crippen LogP contribution in [0.1, 0.15) is 55.9 Å². The van der Waals surface area contributed by atoms with Gasteiger partial charge in [0, 0.05) is 0 Å². The molecular formula is C19H26O. The van der Waals surface area contributed by atoms with Gasteiger partial charge in [0.05, 0.1) is 6.10 Å². The lowest BCUT2D eigenvalue weighted by atomic mass is 9.92. The van der Waals surface area contributed by atoms with E-state index < -0.39 is 0 Å². The van der Waals surface area contributed by atoms with E-state index in [1.165, 1.54) is 36.0 Å². The Labute approximate surface area is 122 Å². The fourth-order valence-electron chi connectivity index (χ4n) is 5.54. The molecule has 0 radical (unpaired) electrons. The normalized spacial score (nSPS) is 38.9. The average Bonchev–Trinajstić information content (AvgIpc) is 2.92. The zero-order valence-corrected chi connectivity index (χ0v) is 12.7. The zero-order chi connectivity index (χ0) is 13.9. The molecule has 2 bridgehead atoms. The quantitative estimate of drug-likeness (QED) is 0.872. The summed E-state index contributed by atoms with van der Waals surface area (Å²) in [5.41, 5.74) is 4.05. The molecule has 1 aromatic carbocycles. The van der Waals surface area contributed by atoms with Crippen molar-refractivity contribution in [2.24, 2.45) is 29.6 Å². The molecule has 4 rings (SSSR count). The van der Waals surface area contributed by atoms with Crippen molar-refractivity contribution in [1.82, 2.24) is 0 Å². The van der Waals surface area contributed by atoms with Gasteiger partial charge >= 0.3 is 0 Å². The summed E-state index contributed by atoms with van der Waals surface area (Å²) >= 11 is 0. The molecular weight excluding hydrogens is 244 g/mol. The Morgan fingerprint density at radius 1 is 1.05 bits per heavy atom. The van der Waals surface area contributed by atoms with Crippen molar-refractivity contribution < 1.29 is 5.11 Å². The maximum Gasteiger partial charge on any atom is 0.0824 e. The molecule has 1 heteroatoms. The number of aliphatic hydroxyl groups is 1. The first-order valence-corrected chi connectivity index (χ1v) is 8.54. The summed E-state index contributed by atoms with van der Waals surface area (Å²) < 4.78 is 0. The van der Waals surface area contributed by atoms with Gasteiger partial charge in [-0.25, -0.2) is 0 Å². The van der Waals surface area contributed by atoms with Crippen LogP contribution in [0.4, 0.5) is 0 Å². The van der Waals surface area contributed by atoms with Gasteiger partial charge in [0.1, 0.15) is 0 Å². The van der Waals surface area contributed by atoms with Gasteiger partial charge in [0.2, 0.25) is 0 Å². The summed E-state index contributed by atoms with van der Waals surface area (Å²) in [7, 11) is 0. The second kappa shape index (κ2) is 4.59. The van der Waals surface area contributed by atoms with Crippen LogP contribution in [-0.2, 0) is 12.8 Å². The lowest BCUT2D eigenvalue weighted by Gasteiger charge is -2.17. The summed E-state index contributed by atoms with van der Waals surface area (Å²) in [6.07, 6.45) is 6.30. The van der Waals surface area contributed by atoms with Gasteiger partial charge < -0.3 is 5.11 Å². The molecule has 5 atom stereocenters. The van der Waals surface area contributed by atoms with Crippen molar-refractivity contribution in [3.63, 3.8) is 0 Å². The first kappa shape index (κ1) is 12.9. The monoisotopic (exact) mass is 270 g/mol. The van der Waals surface area contributed by atoms with Crippen LogP contribution in [0.15, 0.2) is 18.2 Å². The van der Waals surface area contributed by atoms with Crippen LogP contribution < -0.4 is 0 Å². The molecule has 1 nitrogen and oxygen atoms in total. The van der Waals surface area contributed by atoms with Crippen LogP contribution in [0.2, 0.25) is 0 Å². The van der Waals surface area contributed by atoms with Gasteiger partial charge in [0.25, 0.3) is 0 Å². The SMILES string of the molecule is CCc1ccc(C(O)C2C3C4CCC(C4)C32)cc1CC. The molecule has 20 heavy (non-hydrogen) atoms. The lowest BCUT2D eigenvalue weighted by molar-refractivity contribution is 0.130. The summed E-state index contributed by atoms with van der Waals surface area (Å²) in [6.45, 7) is 4.43. The molecule has 5 unspecified atom stereocenters. The molecule has 0 aliphatic heterocycles. The van der Waals surface area contributed by atoms with Crippen molar-refractivity contribution in [1.29, 1.82) is 0 Å². The molecule has 3 fully saturated rings. The molecule has 0 saturated heterocycles. The van der Waals surface area contributed by atoms with E-state index in [1.54, 1.807) is 0 Å². The van der Waals surface area contributed by atoms with Crippen molar-refractivity contribution in [2.45, 2.75) is 52.1 Å². The third-order valence-electron chi connectivity index (χ3n) is 6.49. The van der Waals surface area contributed by atoms with Gasteiger partial charge in [-0.05, 0) is 78.4 Å². The molecule has 3 aliphatic rings. The van der Waals surface area contributed by atoms with E-state index in [9.17, 15) is 5.11 Å². The number of aliphatic hydroxyl groups excluding tert-OH is 1. The first-order chi connectivity index (χ1) is 9.74. The highest BCUT2D eigenvalue weighted by atomic mass is 16.3. The Bertz CT molecular complexity index is 504. The van der Waals surface area contributed by atoms with Crippen LogP contribution in [0.25, 0.3) is 0 Å². The highest BCUT2D eigenvalue weighted by Gasteiger charge is 2.66. The van der Waals surface area contributed by atoms with Crippen molar-refractivity contribution in [3.8, 4) is 0 Å². The average molecular weight is 270 g/mol. The predicted octanol–water partition coefficient (Wildman–Crippen LogP) is 4.14. The van der Waals surface area contributed by atoms with Gasteiger partial charge in [-0.2, -0.15) is 0 Å². The molecule has 3 aliphatic carbocycles. The fraction of sp³-hybridized carbons (Fsp3) is 0.684. The molecule has 0 spiro atoms. The minimum Gasteiger partial charge on any atom is -0.388 e. The third-order valence-corrected chi connectivity index (χ3v) is 6.49. The number of hydrogen-bond donors (Lipinski definition) is 1. The van der Waals surface area contributed by atoms with Crippen LogP contribution in [-0.4, -0.2) is 5.11 Å². The Hall–Kier alpha value is -0.820. The Morgan fingerprint density at radius 2 is 1.70 bits per heavy atom. The second-order valence-electron chi connectivity index (χ2n) is 7.25. The third kappa shape index (κ3) is 1.72. The summed E-state index contributed by atoms with van der Waals surface area (Å²) in [5.74, 6) is 4.20. The number of hydrogen-bond acceptors (Lipinski definition) is 1. The standard InChI is InChI=1S/C19H26O/c1-3-11-5-8-15(9-12(11)4-2)19(20)18-16-13-6-7-14(10-13)17(16)18/h5,8-9,13-14,16-20H,3-4,6-7,10H2,1-2H3. The molecule has 0 heterocycles. The minimum atomic E-state index is -0.204. The molecule has 0 amide bonds. The molecule has 3 saturated carbocycles. The maximum absolute atomic E-state index is 10.8. The summed E-state index contributed by atoms with van der Waals surface area (Å²) in [6, 6.07) is 6.70. The molecule has 0 aromatic heterocycles. The van der Waals surface area contributed by atoms with E-state index >= 15 is 0 Å². The predicted molar refractivity (Wildman–Crippen MR) is 81.5 cm³/mol. The number of fused-ring (bicyclic) bond motifs is 5. The first-order valence-electron chi connectivity index (χ1n) is 8.54. The molecule has 108 valence electrons. The van der Waals surface area contributed by atoms with E-state index in [-0.39, 0.29) is 6.10 Å². The topological polar surface area (TPSA) is 20.2 Å². The minimum absolute atomic E-state index is 0.204. The number of benzene rings is 1.